The lowest BCUT2D eigenvalue weighted by molar-refractivity contribution is -0.109. The maximum atomic E-state index is 11.1. The van der Waals surface area contributed by atoms with E-state index in [4.69, 9.17) is 0 Å². The van der Waals surface area contributed by atoms with Crippen LogP contribution in [0.25, 0.3) is 0 Å². The smallest absolute Gasteiger partial charge is 0.0650 e. The van der Waals surface area contributed by atoms with E-state index in [1.165, 1.54) is 50.5 Å². The van der Waals surface area contributed by atoms with Crippen molar-refractivity contribution in [1.29, 1.82) is 0 Å². The quantitative estimate of drug-likeness (QED) is 0.468. The highest BCUT2D eigenvalue weighted by Crippen LogP contribution is 2.65. The molecule has 0 bridgehead atoms. The van der Waals surface area contributed by atoms with Crippen LogP contribution in [0.1, 0.15) is 110 Å². The molecule has 0 spiro atoms. The lowest BCUT2D eigenvalue weighted by Gasteiger charge is -2.57. The van der Waals surface area contributed by atoms with Crippen LogP contribution in [0.15, 0.2) is 30.3 Å². The molecule has 2 heteroatoms. The van der Waals surface area contributed by atoms with Gasteiger partial charge in [0.1, 0.15) is 0 Å². The van der Waals surface area contributed by atoms with Crippen LogP contribution in [0.3, 0.4) is 0 Å². The van der Waals surface area contributed by atoms with Gasteiger partial charge in [-0.2, -0.15) is 0 Å². The van der Waals surface area contributed by atoms with Crippen molar-refractivity contribution in [2.45, 2.75) is 116 Å². The predicted octanol–water partition coefficient (Wildman–Crippen LogP) is 7.53. The van der Waals surface area contributed by atoms with E-state index in [1.807, 2.05) is 0 Å². The Labute approximate surface area is 203 Å². The molecule has 1 aromatic rings. The van der Waals surface area contributed by atoms with Crippen LogP contribution < -0.4 is 5.32 Å². The summed E-state index contributed by atoms with van der Waals surface area (Å²) >= 11 is 0. The van der Waals surface area contributed by atoms with E-state index in [9.17, 15) is 5.11 Å². The fourth-order valence-electron chi connectivity index (χ4n) is 9.87. The monoisotopic (exact) mass is 451 g/mol. The minimum absolute atomic E-state index is 0.346. The van der Waals surface area contributed by atoms with Crippen LogP contribution in [-0.2, 0) is 0 Å². The van der Waals surface area contributed by atoms with E-state index in [2.05, 4.69) is 63.3 Å². The highest BCUT2D eigenvalue weighted by Gasteiger charge is 2.58. The van der Waals surface area contributed by atoms with Crippen molar-refractivity contribution in [1.82, 2.24) is 5.32 Å². The van der Waals surface area contributed by atoms with Gasteiger partial charge in [0.15, 0.2) is 0 Å². The first-order valence-electron chi connectivity index (χ1n) is 14.4. The van der Waals surface area contributed by atoms with Gasteiger partial charge in [0.05, 0.1) is 5.60 Å². The summed E-state index contributed by atoms with van der Waals surface area (Å²) in [6.45, 7) is 9.71. The van der Waals surface area contributed by atoms with Crippen molar-refractivity contribution in [2.24, 2.45) is 40.9 Å². The predicted molar refractivity (Wildman–Crippen MR) is 138 cm³/mol. The van der Waals surface area contributed by atoms with Gasteiger partial charge in [0.25, 0.3) is 0 Å². The average molecular weight is 452 g/mol. The van der Waals surface area contributed by atoms with Crippen molar-refractivity contribution in [3.05, 3.63) is 35.9 Å². The molecule has 0 saturated heterocycles. The maximum absolute atomic E-state index is 11.1. The van der Waals surface area contributed by atoms with Gasteiger partial charge >= 0.3 is 0 Å². The molecule has 33 heavy (non-hydrogen) atoms. The molecule has 2 nitrogen and oxygen atoms in total. The molecule has 0 heterocycles. The first-order chi connectivity index (χ1) is 15.8. The van der Waals surface area contributed by atoms with E-state index in [-0.39, 0.29) is 5.60 Å². The minimum Gasteiger partial charge on any atom is -0.390 e. The number of rotatable bonds is 6. The fraction of sp³-hybridized carbons (Fsp3) is 0.806. The largest absolute Gasteiger partial charge is 0.390 e. The molecule has 0 aromatic heterocycles. The van der Waals surface area contributed by atoms with Crippen molar-refractivity contribution >= 4 is 0 Å². The third-order valence-electron chi connectivity index (χ3n) is 11.3. The summed E-state index contributed by atoms with van der Waals surface area (Å²) in [4.78, 5) is 0. The van der Waals surface area contributed by atoms with Crippen molar-refractivity contribution in [3.8, 4) is 0 Å². The average Bonchev–Trinajstić information content (AvgIpc) is 3.16. The third-order valence-corrected chi connectivity index (χ3v) is 11.3. The van der Waals surface area contributed by atoms with Gasteiger partial charge in [-0.25, -0.2) is 0 Å². The molecule has 0 amide bonds. The summed E-state index contributed by atoms with van der Waals surface area (Å²) in [6, 6.07) is 12.0. The zero-order valence-electron chi connectivity index (χ0n) is 21.7. The highest BCUT2D eigenvalue weighted by molar-refractivity contribution is 5.18. The number of hydrogen-bond donors (Lipinski definition) is 2. The highest BCUT2D eigenvalue weighted by atomic mass is 16.3. The zero-order valence-corrected chi connectivity index (χ0v) is 21.7. The number of fused-ring (bicyclic) bond motifs is 5. The van der Waals surface area contributed by atoms with Gasteiger partial charge in [0, 0.05) is 12.1 Å². The molecule has 4 aliphatic rings. The summed E-state index contributed by atoms with van der Waals surface area (Å²) in [5, 5.41) is 15.1. The van der Waals surface area contributed by atoms with Gasteiger partial charge in [-0.05, 0) is 125 Å². The maximum Gasteiger partial charge on any atom is 0.0650 e. The summed E-state index contributed by atoms with van der Waals surface area (Å²) < 4.78 is 0. The second-order valence-corrected chi connectivity index (χ2v) is 13.0. The molecular formula is C31H49NO. The van der Waals surface area contributed by atoms with Crippen LogP contribution in [0.2, 0.25) is 0 Å². The Bertz CT molecular complexity index is 793. The van der Waals surface area contributed by atoms with E-state index < -0.39 is 0 Å². The molecule has 4 saturated carbocycles. The molecular weight excluding hydrogens is 402 g/mol. The first-order valence-corrected chi connectivity index (χ1v) is 14.4. The molecule has 0 aliphatic heterocycles. The summed E-state index contributed by atoms with van der Waals surface area (Å²) in [7, 11) is 0. The second kappa shape index (κ2) is 9.30. The number of hydrogen-bond acceptors (Lipinski definition) is 2. The molecule has 1 aromatic carbocycles. The fourth-order valence-corrected chi connectivity index (χ4v) is 9.87. The standard InChI is InChI=1S/C31H49NO/c1-5-17-31(33)19-16-25-24(20-31)11-12-27-26(25)15-18-30(4)28(13-14-29(27)30)22(3)32-21(2)23-9-7-6-8-10-23/h6-10,21-22,24-29,32-33H,5,11-20H2,1-4H3/t21-,22-,24-,25+,26-,27-,28-,29+,30-,31-/m1/s1. The summed E-state index contributed by atoms with van der Waals surface area (Å²) in [5.74, 6) is 5.32. The number of benzene rings is 1. The SMILES string of the molecule is CCC[C@@]1(O)CC[C@H]2[C@H](CC[C@@H]3[C@@H]2CC[C@]2(C)[C@@H]([C@@H](C)N[C@H](C)c4ccccc4)CC[C@@H]32)C1. The Hall–Kier alpha value is -0.860. The van der Waals surface area contributed by atoms with E-state index >= 15 is 0 Å². The Morgan fingerprint density at radius 1 is 0.939 bits per heavy atom. The van der Waals surface area contributed by atoms with Crippen molar-refractivity contribution in [3.63, 3.8) is 0 Å². The summed E-state index contributed by atoms with van der Waals surface area (Å²) in [6.07, 6.45) is 14.1. The van der Waals surface area contributed by atoms with Crippen LogP contribution in [0.5, 0.6) is 0 Å². The zero-order chi connectivity index (χ0) is 23.2. The molecule has 2 N–H and O–H groups in total. The number of aliphatic hydroxyl groups is 1. The Morgan fingerprint density at radius 3 is 2.45 bits per heavy atom. The summed E-state index contributed by atoms with van der Waals surface area (Å²) in [5.41, 5.74) is 1.57. The molecule has 5 rings (SSSR count). The molecule has 0 unspecified atom stereocenters. The third kappa shape index (κ3) is 4.33. The topological polar surface area (TPSA) is 32.3 Å². The van der Waals surface area contributed by atoms with E-state index in [0.717, 1.165) is 61.2 Å². The Kier molecular flexibility index (Phi) is 6.73. The molecule has 4 aliphatic carbocycles. The van der Waals surface area contributed by atoms with Gasteiger partial charge < -0.3 is 10.4 Å². The van der Waals surface area contributed by atoms with Gasteiger partial charge in [0.2, 0.25) is 0 Å². The first kappa shape index (κ1) is 23.9. The van der Waals surface area contributed by atoms with Crippen LogP contribution in [0.4, 0.5) is 0 Å². The normalized spacial score (nSPS) is 44.4. The molecule has 184 valence electrons. The molecule has 0 radical (unpaired) electrons. The van der Waals surface area contributed by atoms with Gasteiger partial charge in [-0.15, -0.1) is 0 Å². The van der Waals surface area contributed by atoms with Crippen LogP contribution in [-0.4, -0.2) is 16.7 Å². The van der Waals surface area contributed by atoms with Gasteiger partial charge in [-0.1, -0.05) is 50.6 Å². The van der Waals surface area contributed by atoms with Crippen molar-refractivity contribution < 1.29 is 5.11 Å². The molecule has 10 atom stereocenters. The van der Waals surface area contributed by atoms with Crippen LogP contribution in [0, 0.1) is 40.9 Å². The Balaban J connectivity index is 1.26. The lowest BCUT2D eigenvalue weighted by atomic mass is 9.48. The van der Waals surface area contributed by atoms with E-state index in [1.54, 1.807) is 0 Å². The van der Waals surface area contributed by atoms with Crippen molar-refractivity contribution in [2.75, 3.05) is 0 Å². The van der Waals surface area contributed by atoms with Gasteiger partial charge in [-0.3, -0.25) is 0 Å². The van der Waals surface area contributed by atoms with E-state index in [0.29, 0.717) is 17.5 Å². The lowest BCUT2D eigenvalue weighted by Crippen LogP contribution is -2.52. The molecule has 4 fully saturated rings. The Morgan fingerprint density at radius 2 is 1.70 bits per heavy atom. The van der Waals surface area contributed by atoms with Crippen LogP contribution >= 0.6 is 0 Å². The number of nitrogens with one attached hydrogen (secondary N) is 1. The second-order valence-electron chi connectivity index (χ2n) is 13.0. The minimum atomic E-state index is -0.346.